The number of aliphatic carboxylic acids is 1. The van der Waals surface area contributed by atoms with Crippen molar-refractivity contribution in [1.82, 2.24) is 0 Å². The summed E-state index contributed by atoms with van der Waals surface area (Å²) in [4.78, 5) is 10.7. The molecule has 1 atom stereocenters. The van der Waals surface area contributed by atoms with E-state index in [1.807, 2.05) is 0 Å². The summed E-state index contributed by atoms with van der Waals surface area (Å²) in [6.45, 7) is 3.29. The summed E-state index contributed by atoms with van der Waals surface area (Å²) in [6.07, 6.45) is 0.181. The summed E-state index contributed by atoms with van der Waals surface area (Å²) in [5.41, 5.74) is 6.14. The fourth-order valence-corrected chi connectivity index (χ4v) is 2.41. The molecule has 0 aliphatic rings. The van der Waals surface area contributed by atoms with Crippen LogP contribution in [0.4, 0.5) is 13.2 Å². The van der Waals surface area contributed by atoms with E-state index in [9.17, 15) is 18.0 Å². The van der Waals surface area contributed by atoms with Gasteiger partial charge in [-0.25, -0.2) is 13.2 Å². The van der Waals surface area contributed by atoms with Crippen molar-refractivity contribution in [3.05, 3.63) is 58.4 Å². The molecule has 2 aromatic carbocycles. The molecule has 4 nitrogen and oxygen atoms in total. The number of rotatable bonds is 6. The molecule has 0 fully saturated rings. The third-order valence-corrected chi connectivity index (χ3v) is 3.74. The zero-order valence-corrected chi connectivity index (χ0v) is 13.8. The average molecular weight is 353 g/mol. The summed E-state index contributed by atoms with van der Waals surface area (Å²) in [7, 11) is 0. The maximum absolute atomic E-state index is 14.2. The molecule has 134 valence electrons. The highest BCUT2D eigenvalue weighted by molar-refractivity contribution is 5.73. The lowest BCUT2D eigenvalue weighted by Gasteiger charge is -2.13. The van der Waals surface area contributed by atoms with E-state index in [4.69, 9.17) is 15.6 Å². The zero-order chi connectivity index (χ0) is 18.7. The van der Waals surface area contributed by atoms with Gasteiger partial charge in [0.1, 0.15) is 17.6 Å². The molecule has 2 rings (SSSR count). The molecule has 0 heterocycles. The SMILES string of the molecule is CCc1cc(Oc2c(F)cc(CC(N)C(=O)O)cc2F)cc(C)c1F. The summed E-state index contributed by atoms with van der Waals surface area (Å²) in [6, 6.07) is 3.41. The van der Waals surface area contributed by atoms with Crippen molar-refractivity contribution in [3.63, 3.8) is 0 Å². The predicted octanol–water partition coefficient (Wildman–Crippen LogP) is 3.72. The van der Waals surface area contributed by atoms with Crippen LogP contribution >= 0.6 is 0 Å². The van der Waals surface area contributed by atoms with E-state index in [0.717, 1.165) is 12.1 Å². The Labute approximate surface area is 143 Å². The summed E-state index contributed by atoms with van der Waals surface area (Å²) < 4.78 is 47.5. The Morgan fingerprint density at radius 2 is 1.80 bits per heavy atom. The van der Waals surface area contributed by atoms with Gasteiger partial charge in [-0.1, -0.05) is 6.92 Å². The van der Waals surface area contributed by atoms with Gasteiger partial charge in [-0.3, -0.25) is 4.79 Å². The number of nitrogens with two attached hydrogens (primary N) is 1. The van der Waals surface area contributed by atoms with Crippen LogP contribution in [0.3, 0.4) is 0 Å². The van der Waals surface area contributed by atoms with Gasteiger partial charge in [0, 0.05) is 0 Å². The maximum atomic E-state index is 14.2. The van der Waals surface area contributed by atoms with Crippen molar-refractivity contribution >= 4 is 5.97 Å². The van der Waals surface area contributed by atoms with Gasteiger partial charge in [-0.15, -0.1) is 0 Å². The summed E-state index contributed by atoms with van der Waals surface area (Å²) in [5, 5.41) is 8.76. The maximum Gasteiger partial charge on any atom is 0.320 e. The van der Waals surface area contributed by atoms with Gasteiger partial charge in [0.05, 0.1) is 0 Å². The molecule has 0 aliphatic heterocycles. The lowest BCUT2D eigenvalue weighted by Crippen LogP contribution is -2.32. The van der Waals surface area contributed by atoms with Crippen molar-refractivity contribution in [1.29, 1.82) is 0 Å². The molecule has 0 spiro atoms. The van der Waals surface area contributed by atoms with Crippen LogP contribution in [0.1, 0.15) is 23.6 Å². The van der Waals surface area contributed by atoms with Crippen LogP contribution in [-0.4, -0.2) is 17.1 Å². The highest BCUT2D eigenvalue weighted by Gasteiger charge is 2.18. The Kier molecular flexibility index (Phi) is 5.69. The molecule has 0 aromatic heterocycles. The van der Waals surface area contributed by atoms with E-state index in [1.165, 1.54) is 19.1 Å². The van der Waals surface area contributed by atoms with Crippen molar-refractivity contribution in [2.24, 2.45) is 5.73 Å². The normalized spacial score (nSPS) is 12.1. The first kappa shape index (κ1) is 18.8. The zero-order valence-electron chi connectivity index (χ0n) is 13.8. The third-order valence-electron chi connectivity index (χ3n) is 3.74. The first-order chi connectivity index (χ1) is 11.7. The Hall–Kier alpha value is -2.54. The summed E-state index contributed by atoms with van der Waals surface area (Å²) in [5.74, 6) is -4.16. The van der Waals surface area contributed by atoms with Crippen molar-refractivity contribution in [2.45, 2.75) is 32.7 Å². The predicted molar refractivity (Wildman–Crippen MR) is 86.3 cm³/mol. The van der Waals surface area contributed by atoms with Crippen LogP contribution in [0, 0.1) is 24.4 Å². The Bertz CT molecular complexity index is 785. The van der Waals surface area contributed by atoms with Crippen LogP contribution in [0.2, 0.25) is 0 Å². The average Bonchev–Trinajstić information content (AvgIpc) is 2.53. The topological polar surface area (TPSA) is 72.5 Å². The highest BCUT2D eigenvalue weighted by atomic mass is 19.1. The Morgan fingerprint density at radius 3 is 2.32 bits per heavy atom. The second kappa shape index (κ2) is 7.57. The van der Waals surface area contributed by atoms with Crippen molar-refractivity contribution in [3.8, 4) is 11.5 Å². The molecule has 2 aromatic rings. The minimum Gasteiger partial charge on any atom is -0.480 e. The largest absolute Gasteiger partial charge is 0.480 e. The number of benzene rings is 2. The van der Waals surface area contributed by atoms with Crippen LogP contribution in [0.25, 0.3) is 0 Å². The van der Waals surface area contributed by atoms with Crippen molar-refractivity contribution < 1.29 is 27.8 Å². The molecule has 3 N–H and O–H groups in total. The van der Waals surface area contributed by atoms with Crippen LogP contribution < -0.4 is 10.5 Å². The summed E-state index contributed by atoms with van der Waals surface area (Å²) >= 11 is 0. The minimum atomic E-state index is -1.27. The van der Waals surface area contributed by atoms with E-state index in [-0.39, 0.29) is 23.6 Å². The monoisotopic (exact) mass is 353 g/mol. The van der Waals surface area contributed by atoms with Gasteiger partial charge in [0.25, 0.3) is 0 Å². The van der Waals surface area contributed by atoms with Crippen LogP contribution in [0.15, 0.2) is 24.3 Å². The molecular weight excluding hydrogens is 335 g/mol. The molecule has 0 aliphatic carbocycles. The van der Waals surface area contributed by atoms with E-state index in [2.05, 4.69) is 0 Å². The van der Waals surface area contributed by atoms with E-state index in [1.54, 1.807) is 6.92 Å². The minimum absolute atomic E-state index is 0.0989. The van der Waals surface area contributed by atoms with Crippen molar-refractivity contribution in [2.75, 3.05) is 0 Å². The molecule has 0 radical (unpaired) electrons. The number of aryl methyl sites for hydroxylation is 2. The molecule has 7 heteroatoms. The third kappa shape index (κ3) is 4.30. The number of hydrogen-bond acceptors (Lipinski definition) is 3. The van der Waals surface area contributed by atoms with Gasteiger partial charge in [0.15, 0.2) is 17.4 Å². The first-order valence-corrected chi connectivity index (χ1v) is 7.66. The van der Waals surface area contributed by atoms with E-state index >= 15 is 0 Å². The van der Waals surface area contributed by atoms with Gasteiger partial charge >= 0.3 is 5.97 Å². The van der Waals surface area contributed by atoms with Gasteiger partial charge in [-0.2, -0.15) is 0 Å². The number of carboxylic acids is 1. The lowest BCUT2D eigenvalue weighted by atomic mass is 10.1. The van der Waals surface area contributed by atoms with E-state index in [0.29, 0.717) is 17.5 Å². The molecule has 0 saturated heterocycles. The fraction of sp³-hybridized carbons (Fsp3) is 0.278. The second-order valence-corrected chi connectivity index (χ2v) is 5.71. The van der Waals surface area contributed by atoms with Gasteiger partial charge in [0.2, 0.25) is 0 Å². The fourth-order valence-electron chi connectivity index (χ4n) is 2.41. The van der Waals surface area contributed by atoms with Gasteiger partial charge < -0.3 is 15.6 Å². The van der Waals surface area contributed by atoms with Crippen LogP contribution in [-0.2, 0) is 17.6 Å². The molecule has 0 saturated carbocycles. The molecular formula is C18H18F3NO3. The second-order valence-electron chi connectivity index (χ2n) is 5.71. The molecule has 0 bridgehead atoms. The number of hydrogen-bond donors (Lipinski definition) is 2. The quantitative estimate of drug-likeness (QED) is 0.830. The Balaban J connectivity index is 2.32. The lowest BCUT2D eigenvalue weighted by molar-refractivity contribution is -0.138. The number of carboxylic acid groups (broad SMARTS) is 1. The van der Waals surface area contributed by atoms with Crippen LogP contribution in [0.5, 0.6) is 11.5 Å². The Morgan fingerprint density at radius 1 is 1.20 bits per heavy atom. The standard InChI is InChI=1S/C18H18F3NO3/c1-3-11-8-12(4-9(2)16(11)21)25-17-13(19)5-10(6-14(17)20)7-15(22)18(23)24/h4-6,8,15H,3,7,22H2,1-2H3,(H,23,24). The smallest absolute Gasteiger partial charge is 0.320 e. The van der Waals surface area contributed by atoms with Gasteiger partial charge in [-0.05, 0) is 60.7 Å². The number of carbonyl (C=O) groups is 1. The molecule has 1 unspecified atom stereocenters. The molecule has 25 heavy (non-hydrogen) atoms. The first-order valence-electron chi connectivity index (χ1n) is 7.66. The highest BCUT2D eigenvalue weighted by Crippen LogP contribution is 2.31. The number of ether oxygens (including phenoxy) is 1. The van der Waals surface area contributed by atoms with E-state index < -0.39 is 29.4 Å². The molecule has 0 amide bonds. The number of halogens is 3.